The number of allylic oxidation sites excluding steroid dienone is 5. The molecular formula is C18H20Cl2O2Si2Zr. The van der Waals surface area contributed by atoms with Crippen LogP contribution in [0.25, 0.3) is 8.85 Å². The van der Waals surface area contributed by atoms with Crippen LogP contribution in [0.1, 0.15) is 11.1 Å². The Balaban J connectivity index is 0.00000113. The van der Waals surface area contributed by atoms with Crippen LogP contribution in [0.3, 0.4) is 0 Å². The molecule has 0 unspecified atom stereocenters. The Morgan fingerprint density at radius 1 is 1.12 bits per heavy atom. The molecule has 0 bridgehead atoms. The standard InChI is InChI=1S/C13H7OSi.C5H13OSi.2ClH.Zr/c14-11-6-9-8-4-2-1-3-7(8)5-10(9)12-13(11)15-12;1-7(2,3)5-4-6;;;/h1-4,6H,15H2;6H,1,4-5H2,2-3H3;2*1H;/q;;;;+2/p-2. The number of ketones is 1. The minimum absolute atomic E-state index is 0. The summed E-state index contributed by atoms with van der Waals surface area (Å²) >= 11 is -0.692. The number of hydrogen-bond donors (Lipinski definition) is 1. The third kappa shape index (κ3) is 3.83. The molecule has 0 saturated carbocycles. The van der Waals surface area contributed by atoms with Crippen molar-refractivity contribution in [3.05, 3.63) is 57.4 Å². The molecule has 1 aromatic carbocycles. The first kappa shape index (κ1) is 21.3. The summed E-state index contributed by atoms with van der Waals surface area (Å²) in [5, 5.41) is 12.0. The summed E-state index contributed by atoms with van der Waals surface area (Å²) in [5.41, 5.74) is 5.43. The van der Waals surface area contributed by atoms with Crippen LogP contribution in [0.2, 0.25) is 22.9 Å². The number of carbonyl (C=O) groups excluding carboxylic acids is 1. The molecule has 0 saturated heterocycles. The van der Waals surface area contributed by atoms with Crippen molar-refractivity contribution < 1.29 is 58.0 Å². The van der Waals surface area contributed by atoms with E-state index in [-0.39, 0.29) is 34.3 Å². The average molecular weight is 487 g/mol. The van der Waals surface area contributed by atoms with Crippen LogP contribution in [-0.4, -0.2) is 35.1 Å². The Hall–Kier alpha value is -0.0331. The molecule has 25 heavy (non-hydrogen) atoms. The van der Waals surface area contributed by atoms with Gasteiger partial charge in [-0.3, -0.25) is 0 Å². The molecule has 0 spiro atoms. The fourth-order valence-corrected chi connectivity index (χ4v) is 15.1. The molecule has 0 radical (unpaired) electrons. The summed E-state index contributed by atoms with van der Waals surface area (Å²) in [7, 11) is -1.65. The van der Waals surface area contributed by atoms with Gasteiger partial charge in [-0.05, 0) is 0 Å². The van der Waals surface area contributed by atoms with Crippen LogP contribution in [-0.2, 0) is 28.0 Å². The molecule has 1 aromatic rings. The fourth-order valence-electron chi connectivity index (χ4n) is 3.53. The van der Waals surface area contributed by atoms with Crippen LogP contribution < -0.4 is 24.8 Å². The van der Waals surface area contributed by atoms with E-state index in [1.807, 2.05) is 6.08 Å². The summed E-state index contributed by atoms with van der Waals surface area (Å²) in [4.78, 5) is 12.2. The second-order valence-corrected chi connectivity index (χ2v) is 19.0. The quantitative estimate of drug-likeness (QED) is 0.439. The molecule has 1 aliphatic heterocycles. The maximum Gasteiger partial charge on any atom is -1.00 e. The Labute approximate surface area is 176 Å². The molecule has 0 fully saturated rings. The summed E-state index contributed by atoms with van der Waals surface area (Å²) in [6.07, 6.45) is 1.91. The van der Waals surface area contributed by atoms with Crippen LogP contribution in [0.4, 0.5) is 0 Å². The van der Waals surface area contributed by atoms with Crippen LogP contribution in [0.5, 0.6) is 0 Å². The second kappa shape index (κ2) is 7.91. The number of hydrogen-bond acceptors (Lipinski definition) is 2. The van der Waals surface area contributed by atoms with Crippen molar-refractivity contribution in [3.63, 3.8) is 0 Å². The van der Waals surface area contributed by atoms with E-state index in [2.05, 4.69) is 37.4 Å². The van der Waals surface area contributed by atoms with Crippen LogP contribution >= 0.6 is 0 Å². The third-order valence-electron chi connectivity index (χ3n) is 5.01. The molecule has 130 valence electrons. The van der Waals surface area contributed by atoms with Gasteiger partial charge in [0.1, 0.15) is 0 Å². The predicted molar refractivity (Wildman–Crippen MR) is 96.1 cm³/mol. The van der Waals surface area contributed by atoms with E-state index in [0.29, 0.717) is 12.4 Å². The first-order chi connectivity index (χ1) is 11.0. The van der Waals surface area contributed by atoms with Gasteiger partial charge >= 0.3 is 152 Å². The Morgan fingerprint density at radius 3 is 2.48 bits per heavy atom. The molecule has 2 aliphatic carbocycles. The Morgan fingerprint density at radius 2 is 1.80 bits per heavy atom. The number of rotatable bonds is 5. The third-order valence-corrected chi connectivity index (χ3v) is 20.0. The van der Waals surface area contributed by atoms with Crippen molar-refractivity contribution in [1.82, 2.24) is 0 Å². The molecule has 0 aromatic heterocycles. The Kier molecular flexibility index (Phi) is 6.73. The van der Waals surface area contributed by atoms with Gasteiger partial charge in [0.2, 0.25) is 0 Å². The van der Waals surface area contributed by atoms with E-state index in [0.717, 1.165) is 6.04 Å². The zero-order valence-electron chi connectivity index (χ0n) is 14.3. The monoisotopic (exact) mass is 484 g/mol. The van der Waals surface area contributed by atoms with Gasteiger partial charge in [0.25, 0.3) is 0 Å². The summed E-state index contributed by atoms with van der Waals surface area (Å²) in [6, 6.07) is 9.68. The summed E-state index contributed by atoms with van der Waals surface area (Å²) < 4.78 is 3.01. The van der Waals surface area contributed by atoms with Gasteiger partial charge in [-0.2, -0.15) is 0 Å². The van der Waals surface area contributed by atoms with Gasteiger partial charge in [0.05, 0.1) is 0 Å². The zero-order valence-corrected chi connectivity index (χ0v) is 20.7. The van der Waals surface area contributed by atoms with E-state index in [4.69, 9.17) is 0 Å². The molecule has 4 rings (SSSR count). The van der Waals surface area contributed by atoms with Crippen molar-refractivity contribution in [1.29, 1.82) is 0 Å². The van der Waals surface area contributed by atoms with Crippen molar-refractivity contribution >= 4 is 32.2 Å². The Bertz CT molecular complexity index is 828. The maximum absolute atomic E-state index is 12.2. The fraction of sp³-hybridized carbons (Fsp3) is 0.278. The smallest absolute Gasteiger partial charge is 1.00 e. The molecule has 3 aliphatic rings. The zero-order chi connectivity index (χ0) is 16.2. The number of aliphatic hydroxyl groups excluding tert-OH is 1. The predicted octanol–water partition coefficient (Wildman–Crippen LogP) is -3.48. The molecule has 1 N–H and O–H groups in total. The number of benzene rings is 1. The second-order valence-electron chi connectivity index (χ2n) is 7.34. The SMILES string of the molecule is C[Si](C)(CCO)[CH2][Zr+2][C]1=C2C(=CC(=O)C3=C2[SiH2]3)c2ccccc21.[Cl-].[Cl-]. The van der Waals surface area contributed by atoms with Crippen molar-refractivity contribution in [2.75, 3.05) is 6.61 Å². The van der Waals surface area contributed by atoms with Crippen LogP contribution in [0, 0.1) is 0 Å². The summed E-state index contributed by atoms with van der Waals surface area (Å²) in [6.45, 7) is 5.16. The minimum Gasteiger partial charge on any atom is -1.00 e. The molecule has 0 amide bonds. The van der Waals surface area contributed by atoms with E-state index in [1.165, 1.54) is 36.4 Å². The van der Waals surface area contributed by atoms with Gasteiger partial charge in [0, 0.05) is 0 Å². The number of carbonyl (C=O) groups is 1. The minimum atomic E-state index is -1.27. The van der Waals surface area contributed by atoms with Gasteiger partial charge in [-0.25, -0.2) is 0 Å². The first-order valence-corrected chi connectivity index (χ1v) is 16.0. The first-order valence-electron chi connectivity index (χ1n) is 8.19. The molecule has 0 atom stereocenters. The molecule has 7 heteroatoms. The normalized spacial score (nSPS) is 17.9. The van der Waals surface area contributed by atoms with Crippen molar-refractivity contribution in [2.45, 2.75) is 22.9 Å². The molecular weight excluding hydrogens is 466 g/mol. The number of fused-ring (bicyclic) bond motifs is 4. The summed E-state index contributed by atoms with van der Waals surface area (Å²) in [5.74, 6) is 0.293. The number of aliphatic hydroxyl groups is 1. The molecule has 1 heterocycles. The van der Waals surface area contributed by atoms with E-state index < -0.39 is 31.3 Å². The largest absolute Gasteiger partial charge is 1.00 e. The van der Waals surface area contributed by atoms with Gasteiger partial charge < -0.3 is 24.8 Å². The van der Waals surface area contributed by atoms with Crippen molar-refractivity contribution in [2.24, 2.45) is 0 Å². The van der Waals surface area contributed by atoms with Gasteiger partial charge in [-0.1, -0.05) is 0 Å². The molecule has 2 nitrogen and oxygen atoms in total. The van der Waals surface area contributed by atoms with Crippen LogP contribution in [0.15, 0.2) is 46.3 Å². The van der Waals surface area contributed by atoms with E-state index >= 15 is 0 Å². The van der Waals surface area contributed by atoms with Gasteiger partial charge in [-0.15, -0.1) is 0 Å². The maximum atomic E-state index is 12.2. The van der Waals surface area contributed by atoms with E-state index in [9.17, 15) is 9.90 Å². The topological polar surface area (TPSA) is 37.3 Å². The van der Waals surface area contributed by atoms with E-state index in [1.54, 1.807) is 3.28 Å². The average Bonchev–Trinajstić information content (AvgIpc) is 3.25. The van der Waals surface area contributed by atoms with Gasteiger partial charge in [0.15, 0.2) is 0 Å². The number of halogens is 2. The van der Waals surface area contributed by atoms with Crippen molar-refractivity contribution in [3.8, 4) is 0 Å².